The fourth-order valence-corrected chi connectivity index (χ4v) is 0.813. The van der Waals surface area contributed by atoms with Crippen molar-refractivity contribution in [3.8, 4) is 0 Å². The minimum absolute atomic E-state index is 0.101. The zero-order chi connectivity index (χ0) is 9.90. The zero-order valence-electron chi connectivity index (χ0n) is 7.70. The summed E-state index contributed by atoms with van der Waals surface area (Å²) in [6.07, 6.45) is 2.80. The Morgan fingerprint density at radius 3 is 2.85 bits per heavy atom. The van der Waals surface area contributed by atoms with Gasteiger partial charge in [0.2, 0.25) is 0 Å². The number of furan rings is 1. The fraction of sp³-hybridized carbons (Fsp3) is 0.444. The smallest absolute Gasteiger partial charge is 0.255 e. The molecule has 0 aliphatic rings. The lowest BCUT2D eigenvalue weighted by Crippen LogP contribution is -2.46. The molecule has 1 aromatic rings. The molecule has 0 aliphatic heterocycles. The minimum Gasteiger partial charge on any atom is -0.472 e. The molecule has 0 saturated carbocycles. The monoisotopic (exact) mass is 183 g/mol. The summed E-state index contributed by atoms with van der Waals surface area (Å²) >= 11 is 0. The maximum atomic E-state index is 11.4. The molecule has 0 fully saturated rings. The molecule has 1 aromatic heterocycles. The first-order valence-corrected chi connectivity index (χ1v) is 4.01. The van der Waals surface area contributed by atoms with Gasteiger partial charge in [0.05, 0.1) is 24.0 Å². The van der Waals surface area contributed by atoms with Gasteiger partial charge in [-0.05, 0) is 19.9 Å². The number of amides is 1. The van der Waals surface area contributed by atoms with E-state index in [0.29, 0.717) is 5.56 Å². The Kier molecular flexibility index (Phi) is 2.72. The number of carbonyl (C=O) groups excluding carboxylic acids is 1. The van der Waals surface area contributed by atoms with E-state index >= 15 is 0 Å². The van der Waals surface area contributed by atoms with Gasteiger partial charge in [-0.15, -0.1) is 0 Å². The molecule has 0 spiro atoms. The number of carbonyl (C=O) groups is 1. The summed E-state index contributed by atoms with van der Waals surface area (Å²) in [4.78, 5) is 11.4. The second-order valence-corrected chi connectivity index (χ2v) is 3.51. The van der Waals surface area contributed by atoms with Crippen LogP contribution in [0.4, 0.5) is 0 Å². The van der Waals surface area contributed by atoms with Gasteiger partial charge < -0.3 is 14.8 Å². The van der Waals surface area contributed by atoms with Crippen molar-refractivity contribution in [1.29, 1.82) is 0 Å². The quantitative estimate of drug-likeness (QED) is 0.727. The lowest BCUT2D eigenvalue weighted by Gasteiger charge is -2.22. The van der Waals surface area contributed by atoms with Gasteiger partial charge in [-0.3, -0.25) is 4.79 Å². The third kappa shape index (κ3) is 2.59. The summed E-state index contributed by atoms with van der Waals surface area (Å²) in [5.74, 6) is -0.243. The van der Waals surface area contributed by atoms with Crippen molar-refractivity contribution in [2.45, 2.75) is 19.4 Å². The van der Waals surface area contributed by atoms with Crippen molar-refractivity contribution >= 4 is 5.91 Å². The summed E-state index contributed by atoms with van der Waals surface area (Å²) in [7, 11) is 0. The molecule has 72 valence electrons. The van der Waals surface area contributed by atoms with Crippen LogP contribution < -0.4 is 5.32 Å². The van der Waals surface area contributed by atoms with Crippen molar-refractivity contribution < 1.29 is 14.3 Å². The highest BCUT2D eigenvalue weighted by Gasteiger charge is 2.20. The first kappa shape index (κ1) is 9.80. The number of aliphatic hydroxyl groups is 1. The average molecular weight is 183 g/mol. The number of hydrogen-bond donors (Lipinski definition) is 2. The van der Waals surface area contributed by atoms with Gasteiger partial charge in [0, 0.05) is 0 Å². The van der Waals surface area contributed by atoms with Crippen LogP contribution in [-0.4, -0.2) is 23.2 Å². The van der Waals surface area contributed by atoms with Crippen LogP contribution in [0.2, 0.25) is 0 Å². The van der Waals surface area contributed by atoms with E-state index in [1.165, 1.54) is 12.5 Å². The van der Waals surface area contributed by atoms with Crippen LogP contribution in [0, 0.1) is 0 Å². The summed E-state index contributed by atoms with van der Waals surface area (Å²) in [5.41, 5.74) is -0.143. The second kappa shape index (κ2) is 3.62. The van der Waals surface area contributed by atoms with Gasteiger partial charge in [0.1, 0.15) is 6.26 Å². The molecule has 0 saturated heterocycles. The van der Waals surface area contributed by atoms with Crippen molar-refractivity contribution in [3.05, 3.63) is 24.2 Å². The molecule has 1 amide bonds. The molecular weight excluding hydrogens is 170 g/mol. The van der Waals surface area contributed by atoms with E-state index in [0.717, 1.165) is 0 Å². The zero-order valence-corrected chi connectivity index (χ0v) is 7.70. The maximum absolute atomic E-state index is 11.4. The Bertz CT molecular complexity index is 277. The Labute approximate surface area is 76.6 Å². The highest BCUT2D eigenvalue weighted by Crippen LogP contribution is 2.04. The van der Waals surface area contributed by atoms with Crippen LogP contribution in [0.3, 0.4) is 0 Å². The maximum Gasteiger partial charge on any atom is 0.255 e. The normalized spacial score (nSPS) is 11.3. The lowest BCUT2D eigenvalue weighted by atomic mass is 10.1. The van der Waals surface area contributed by atoms with Crippen LogP contribution in [0.5, 0.6) is 0 Å². The number of nitrogens with one attached hydrogen (secondary N) is 1. The van der Waals surface area contributed by atoms with Crippen molar-refractivity contribution in [1.82, 2.24) is 5.32 Å². The molecule has 0 radical (unpaired) electrons. The molecule has 2 N–H and O–H groups in total. The van der Waals surface area contributed by atoms with Gasteiger partial charge in [0.15, 0.2) is 0 Å². The molecule has 13 heavy (non-hydrogen) atoms. The first-order valence-electron chi connectivity index (χ1n) is 4.01. The molecule has 4 nitrogen and oxygen atoms in total. The summed E-state index contributed by atoms with van der Waals surface area (Å²) in [6.45, 7) is 3.38. The molecular formula is C9H13NO3. The highest BCUT2D eigenvalue weighted by atomic mass is 16.3. The van der Waals surface area contributed by atoms with E-state index in [4.69, 9.17) is 9.52 Å². The van der Waals surface area contributed by atoms with Gasteiger partial charge >= 0.3 is 0 Å². The Morgan fingerprint density at radius 2 is 2.38 bits per heavy atom. The standard InChI is InChI=1S/C9H13NO3/c1-9(2,6-11)10-8(12)7-3-4-13-5-7/h3-5,11H,6H2,1-2H3,(H,10,12). The van der Waals surface area contributed by atoms with Crippen molar-refractivity contribution in [2.24, 2.45) is 0 Å². The van der Waals surface area contributed by atoms with E-state index < -0.39 is 5.54 Å². The van der Waals surface area contributed by atoms with E-state index in [9.17, 15) is 4.79 Å². The first-order chi connectivity index (χ1) is 6.05. The summed E-state index contributed by atoms with van der Waals surface area (Å²) < 4.78 is 4.76. The summed E-state index contributed by atoms with van der Waals surface area (Å²) in [5, 5.41) is 11.6. The van der Waals surface area contributed by atoms with Gasteiger partial charge in [-0.2, -0.15) is 0 Å². The minimum atomic E-state index is -0.603. The predicted octanol–water partition coefficient (Wildman–Crippen LogP) is 0.780. The molecule has 4 heteroatoms. The van der Waals surface area contributed by atoms with Crippen LogP contribution in [0.1, 0.15) is 24.2 Å². The van der Waals surface area contributed by atoms with Gasteiger partial charge in [0.25, 0.3) is 5.91 Å². The molecule has 0 unspecified atom stereocenters. The Balaban J connectivity index is 2.61. The molecule has 1 heterocycles. The van der Waals surface area contributed by atoms with Crippen LogP contribution in [0.15, 0.2) is 23.0 Å². The topological polar surface area (TPSA) is 62.5 Å². The van der Waals surface area contributed by atoms with E-state index in [1.54, 1.807) is 19.9 Å². The Hall–Kier alpha value is -1.29. The predicted molar refractivity (Wildman–Crippen MR) is 47.3 cm³/mol. The van der Waals surface area contributed by atoms with Crippen LogP contribution >= 0.6 is 0 Å². The number of hydrogen-bond acceptors (Lipinski definition) is 3. The number of aliphatic hydroxyl groups excluding tert-OH is 1. The second-order valence-electron chi connectivity index (χ2n) is 3.51. The molecule has 0 aliphatic carbocycles. The number of rotatable bonds is 3. The van der Waals surface area contributed by atoms with Crippen LogP contribution in [0.25, 0.3) is 0 Å². The fourth-order valence-electron chi connectivity index (χ4n) is 0.813. The molecule has 1 rings (SSSR count). The van der Waals surface area contributed by atoms with E-state index in [2.05, 4.69) is 5.32 Å². The van der Waals surface area contributed by atoms with Gasteiger partial charge in [-0.25, -0.2) is 0 Å². The Morgan fingerprint density at radius 1 is 1.69 bits per heavy atom. The highest BCUT2D eigenvalue weighted by molar-refractivity contribution is 5.94. The van der Waals surface area contributed by atoms with Crippen molar-refractivity contribution in [2.75, 3.05) is 6.61 Å². The van der Waals surface area contributed by atoms with E-state index in [-0.39, 0.29) is 12.5 Å². The van der Waals surface area contributed by atoms with Crippen molar-refractivity contribution in [3.63, 3.8) is 0 Å². The average Bonchev–Trinajstić information content (AvgIpc) is 2.55. The molecule has 0 atom stereocenters. The lowest BCUT2D eigenvalue weighted by molar-refractivity contribution is 0.0868. The van der Waals surface area contributed by atoms with Gasteiger partial charge in [-0.1, -0.05) is 0 Å². The third-order valence-electron chi connectivity index (χ3n) is 1.63. The van der Waals surface area contributed by atoms with E-state index in [1.807, 2.05) is 0 Å². The largest absolute Gasteiger partial charge is 0.472 e. The summed E-state index contributed by atoms with van der Waals surface area (Å²) in [6, 6.07) is 1.57. The van der Waals surface area contributed by atoms with Crippen LogP contribution in [-0.2, 0) is 0 Å². The molecule has 0 aromatic carbocycles. The third-order valence-corrected chi connectivity index (χ3v) is 1.63. The molecule has 0 bridgehead atoms. The SMILES string of the molecule is CC(C)(CO)NC(=O)c1ccoc1.